The fourth-order valence-corrected chi connectivity index (χ4v) is 6.15. The number of carbonyl (C=O) groups excluding carboxylic acids is 1. The van der Waals surface area contributed by atoms with Gasteiger partial charge in [0.2, 0.25) is 0 Å². The van der Waals surface area contributed by atoms with Crippen molar-refractivity contribution in [2.75, 3.05) is 0 Å². The van der Waals surface area contributed by atoms with E-state index >= 15 is 0 Å². The van der Waals surface area contributed by atoms with Crippen molar-refractivity contribution in [3.8, 4) is 5.75 Å². The van der Waals surface area contributed by atoms with E-state index in [4.69, 9.17) is 9.47 Å². The number of ketones is 1. The summed E-state index contributed by atoms with van der Waals surface area (Å²) in [6.07, 6.45) is 7.74. The molecule has 1 saturated carbocycles. The second kappa shape index (κ2) is 9.62. The molecule has 0 spiro atoms. The van der Waals surface area contributed by atoms with E-state index in [1.54, 1.807) is 13.2 Å². The van der Waals surface area contributed by atoms with Gasteiger partial charge in [-0.1, -0.05) is 40.2 Å². The summed E-state index contributed by atoms with van der Waals surface area (Å²) in [5.41, 5.74) is 0.947. The summed E-state index contributed by atoms with van der Waals surface area (Å²) in [6.45, 7) is 11.1. The molecule has 7 atom stereocenters. The molecule has 1 saturated heterocycles. The Morgan fingerprint density at radius 3 is 2.76 bits per heavy atom. The molecule has 6 heteroatoms. The van der Waals surface area contributed by atoms with Crippen LogP contribution in [0.3, 0.4) is 0 Å². The van der Waals surface area contributed by atoms with Gasteiger partial charge in [-0.05, 0) is 55.9 Å². The van der Waals surface area contributed by atoms with Crippen LogP contribution in [0.1, 0.15) is 96.8 Å². The van der Waals surface area contributed by atoms with Gasteiger partial charge in [0.1, 0.15) is 23.2 Å². The first-order chi connectivity index (χ1) is 16.0. The van der Waals surface area contributed by atoms with Crippen molar-refractivity contribution >= 4 is 5.78 Å². The van der Waals surface area contributed by atoms with Gasteiger partial charge in [0.15, 0.2) is 0 Å². The van der Waals surface area contributed by atoms with Crippen LogP contribution in [0.2, 0.25) is 0 Å². The zero-order valence-electron chi connectivity index (χ0n) is 21.6. The lowest BCUT2D eigenvalue weighted by Gasteiger charge is -2.36. The van der Waals surface area contributed by atoms with Crippen molar-refractivity contribution in [3.63, 3.8) is 0 Å². The van der Waals surface area contributed by atoms with Crippen molar-refractivity contribution in [1.29, 1.82) is 0 Å². The molecule has 3 aliphatic rings. The number of hydrogen-bond acceptors (Lipinski definition) is 5. The highest BCUT2D eigenvalue weighted by molar-refractivity contribution is 5.81. The third-order valence-corrected chi connectivity index (χ3v) is 8.32. The predicted octanol–water partition coefficient (Wildman–Crippen LogP) is 4.96. The normalized spacial score (nSPS) is 33.1. The Morgan fingerprint density at radius 2 is 2.06 bits per heavy atom. The number of hydrogen-bond donors (Lipinski definition) is 1. The zero-order chi connectivity index (χ0) is 24.8. The van der Waals surface area contributed by atoms with E-state index in [-0.39, 0.29) is 23.9 Å². The quantitative estimate of drug-likeness (QED) is 0.593. The molecule has 188 valence electrons. The number of Topliss-reactive ketones (excluding diaryl/α,β-unsaturated/α-hetero) is 1. The highest BCUT2D eigenvalue weighted by Crippen LogP contribution is 2.51. The van der Waals surface area contributed by atoms with Crippen LogP contribution in [0.5, 0.6) is 5.75 Å². The monoisotopic (exact) mass is 471 g/mol. The number of ether oxygens (including phenoxy) is 2. The third kappa shape index (κ3) is 4.51. The molecule has 6 nitrogen and oxygen atoms in total. The summed E-state index contributed by atoms with van der Waals surface area (Å²) < 4.78 is 14.3. The number of aryl methyl sites for hydroxylation is 1. The number of allylic oxidation sites excluding steroid dienone is 1. The van der Waals surface area contributed by atoms with Gasteiger partial charge in [0.25, 0.3) is 5.56 Å². The number of fused-ring (bicyclic) bond motifs is 3. The van der Waals surface area contributed by atoms with E-state index in [0.717, 1.165) is 19.3 Å². The van der Waals surface area contributed by atoms with E-state index in [1.165, 1.54) is 16.6 Å². The average molecular weight is 472 g/mol. The molecule has 1 aromatic heterocycles. The van der Waals surface area contributed by atoms with Crippen molar-refractivity contribution < 1.29 is 19.4 Å². The summed E-state index contributed by atoms with van der Waals surface area (Å²) >= 11 is 0. The minimum atomic E-state index is -1.23. The summed E-state index contributed by atoms with van der Waals surface area (Å²) in [5, 5.41) is 11.5. The minimum absolute atomic E-state index is 0.0629. The van der Waals surface area contributed by atoms with Gasteiger partial charge in [-0.3, -0.25) is 9.59 Å². The van der Waals surface area contributed by atoms with Gasteiger partial charge < -0.3 is 19.1 Å². The van der Waals surface area contributed by atoms with Crippen LogP contribution in [-0.4, -0.2) is 27.7 Å². The molecule has 0 aromatic carbocycles. The molecule has 0 bridgehead atoms. The lowest BCUT2D eigenvalue weighted by atomic mass is 9.78. The minimum Gasteiger partial charge on any atom is -0.486 e. The van der Waals surface area contributed by atoms with E-state index in [1.807, 2.05) is 0 Å². The molecule has 1 aromatic rings. The van der Waals surface area contributed by atoms with Crippen LogP contribution >= 0.6 is 0 Å². The molecule has 3 heterocycles. The molecular formula is C28H41NO5. The lowest BCUT2D eigenvalue weighted by Crippen LogP contribution is -2.43. The van der Waals surface area contributed by atoms with Gasteiger partial charge in [-0.2, -0.15) is 0 Å². The van der Waals surface area contributed by atoms with Crippen LogP contribution in [0, 0.1) is 17.8 Å². The maximum atomic E-state index is 13.3. The standard InChI is InChI=1S/C28H41NO5/c1-7-16(2)12-17(3)13-19(5)25-18(4)8-9-22(33-25)24-26-21(15-29(6)27(24)31)28(32)11-10-20(30)14-23(28)34-26/h13,15-18,22-23,25,32H,7-12,14H2,1-6H3/b19-13+/t16?,17?,18-,22+,23-,25-,28+/m1/s1. The Morgan fingerprint density at radius 1 is 1.32 bits per heavy atom. The Balaban J connectivity index is 1.65. The third-order valence-electron chi connectivity index (χ3n) is 8.32. The first kappa shape index (κ1) is 25.2. The van der Waals surface area contributed by atoms with E-state index < -0.39 is 17.8 Å². The topological polar surface area (TPSA) is 77.8 Å². The molecular weight excluding hydrogens is 430 g/mol. The van der Waals surface area contributed by atoms with Gasteiger partial charge in [0, 0.05) is 31.6 Å². The van der Waals surface area contributed by atoms with Crippen LogP contribution in [0.15, 0.2) is 22.6 Å². The molecule has 0 amide bonds. The number of nitrogens with zero attached hydrogens (tertiary/aromatic N) is 1. The van der Waals surface area contributed by atoms with Crippen molar-refractivity contribution in [2.45, 2.75) is 103 Å². The average Bonchev–Trinajstić information content (AvgIpc) is 3.06. The highest BCUT2D eigenvalue weighted by Gasteiger charge is 2.53. The fourth-order valence-electron chi connectivity index (χ4n) is 6.15. The molecule has 2 aliphatic heterocycles. The van der Waals surface area contributed by atoms with Crippen LogP contribution < -0.4 is 10.3 Å². The maximum Gasteiger partial charge on any atom is 0.259 e. The first-order valence-corrected chi connectivity index (χ1v) is 13.0. The van der Waals surface area contributed by atoms with E-state index in [0.29, 0.717) is 47.5 Å². The van der Waals surface area contributed by atoms with Crippen molar-refractivity contribution in [3.05, 3.63) is 39.3 Å². The van der Waals surface area contributed by atoms with Gasteiger partial charge in [-0.25, -0.2) is 0 Å². The Kier molecular flexibility index (Phi) is 7.12. The summed E-state index contributed by atoms with van der Waals surface area (Å²) in [7, 11) is 1.71. The van der Waals surface area contributed by atoms with Crippen molar-refractivity contribution in [2.24, 2.45) is 24.8 Å². The van der Waals surface area contributed by atoms with E-state index in [2.05, 4.69) is 40.7 Å². The largest absolute Gasteiger partial charge is 0.486 e. The summed E-state index contributed by atoms with van der Waals surface area (Å²) in [4.78, 5) is 25.4. The summed E-state index contributed by atoms with van der Waals surface area (Å²) in [6, 6.07) is 0. The molecule has 2 unspecified atom stereocenters. The Hall–Kier alpha value is -1.92. The first-order valence-electron chi connectivity index (χ1n) is 13.0. The van der Waals surface area contributed by atoms with Crippen molar-refractivity contribution in [1.82, 2.24) is 4.57 Å². The SMILES string of the molecule is CCC(C)CC(C)/C=C(\C)[C@@H]1O[C@H](c2c3c(cn(C)c2=O)[C@@]2(O)CCC(=O)C[C@H]2O3)CC[C@H]1C. The zero-order valence-corrected chi connectivity index (χ0v) is 21.6. The van der Waals surface area contributed by atoms with Gasteiger partial charge >= 0.3 is 0 Å². The Labute approximate surface area is 203 Å². The second-order valence-corrected chi connectivity index (χ2v) is 11.2. The van der Waals surface area contributed by atoms with Crippen LogP contribution in [-0.2, 0) is 22.2 Å². The lowest BCUT2D eigenvalue weighted by molar-refractivity contribution is -0.133. The van der Waals surface area contributed by atoms with Crippen LogP contribution in [0.4, 0.5) is 0 Å². The number of pyridine rings is 1. The van der Waals surface area contributed by atoms with E-state index in [9.17, 15) is 14.7 Å². The Bertz CT molecular complexity index is 1030. The second-order valence-electron chi connectivity index (χ2n) is 11.2. The smallest absolute Gasteiger partial charge is 0.259 e. The number of carbonyl (C=O) groups is 1. The molecule has 4 rings (SSSR count). The maximum absolute atomic E-state index is 13.3. The molecule has 0 radical (unpaired) electrons. The number of aliphatic hydroxyl groups is 1. The molecule has 34 heavy (non-hydrogen) atoms. The molecule has 2 fully saturated rings. The fraction of sp³-hybridized carbons (Fsp3) is 0.714. The predicted molar refractivity (Wildman–Crippen MR) is 132 cm³/mol. The van der Waals surface area contributed by atoms with Crippen LogP contribution in [0.25, 0.3) is 0 Å². The van der Waals surface area contributed by atoms with Gasteiger partial charge in [-0.15, -0.1) is 0 Å². The number of rotatable bonds is 6. The highest BCUT2D eigenvalue weighted by atomic mass is 16.5. The number of aromatic nitrogens is 1. The molecule has 1 aliphatic carbocycles. The summed E-state index contributed by atoms with van der Waals surface area (Å²) in [5.74, 6) is 2.04. The van der Waals surface area contributed by atoms with Gasteiger partial charge in [0.05, 0.1) is 17.8 Å². The molecule has 1 N–H and O–H groups in total.